The van der Waals surface area contributed by atoms with E-state index in [-0.39, 0.29) is 11.7 Å². The topological polar surface area (TPSA) is 72.7 Å². The van der Waals surface area contributed by atoms with E-state index in [4.69, 9.17) is 0 Å². The van der Waals surface area contributed by atoms with Gasteiger partial charge in [0, 0.05) is 5.69 Å². The number of carbonyl (C=O) groups excluding carboxylic acids is 1. The molecule has 0 bridgehead atoms. The normalized spacial score (nSPS) is 12.0. The lowest BCUT2D eigenvalue weighted by molar-refractivity contribution is -0.113. The van der Waals surface area contributed by atoms with E-state index < -0.39 is 0 Å². The monoisotopic (exact) mass is 395 g/mol. The van der Waals surface area contributed by atoms with Crippen LogP contribution in [0.3, 0.4) is 0 Å². The first kappa shape index (κ1) is 20.1. The number of nitrogens with one attached hydrogen (secondary N) is 1. The van der Waals surface area contributed by atoms with Gasteiger partial charge in [0.05, 0.1) is 11.4 Å². The fourth-order valence-electron chi connectivity index (χ4n) is 2.87. The molecule has 0 aliphatic rings. The summed E-state index contributed by atoms with van der Waals surface area (Å²) in [6.07, 6.45) is 1.02. The van der Waals surface area contributed by atoms with Crippen LogP contribution < -0.4 is 5.32 Å². The number of aromatic nitrogens is 4. The number of rotatable bonds is 7. The van der Waals surface area contributed by atoms with Gasteiger partial charge in [-0.1, -0.05) is 49.9 Å². The molecular weight excluding hydrogens is 370 g/mol. The van der Waals surface area contributed by atoms with Crippen LogP contribution in [0, 0.1) is 13.8 Å². The Kier molecular flexibility index (Phi) is 6.46. The summed E-state index contributed by atoms with van der Waals surface area (Å²) in [5, 5.41) is 15.5. The molecule has 3 rings (SSSR count). The number of aryl methyl sites for hydroxylation is 2. The van der Waals surface area contributed by atoms with Crippen molar-refractivity contribution in [1.29, 1.82) is 0 Å². The first-order valence-electron chi connectivity index (χ1n) is 9.37. The lowest BCUT2D eigenvalue weighted by atomic mass is 9.97. The van der Waals surface area contributed by atoms with Gasteiger partial charge in [0.2, 0.25) is 11.1 Å². The van der Waals surface area contributed by atoms with Crippen LogP contribution in [-0.2, 0) is 4.79 Å². The summed E-state index contributed by atoms with van der Waals surface area (Å²) in [7, 11) is 0. The van der Waals surface area contributed by atoms with E-state index >= 15 is 0 Å². The van der Waals surface area contributed by atoms with Crippen molar-refractivity contribution < 1.29 is 4.79 Å². The minimum atomic E-state index is -0.0737. The van der Waals surface area contributed by atoms with Crippen molar-refractivity contribution in [1.82, 2.24) is 20.2 Å². The summed E-state index contributed by atoms with van der Waals surface area (Å²) in [6, 6.07) is 14.0. The third kappa shape index (κ3) is 4.59. The number of benzene rings is 2. The zero-order valence-electron chi connectivity index (χ0n) is 16.6. The van der Waals surface area contributed by atoms with Crippen molar-refractivity contribution in [3.8, 4) is 5.69 Å². The van der Waals surface area contributed by atoms with E-state index in [0.717, 1.165) is 23.4 Å². The molecule has 0 aliphatic carbocycles. The highest BCUT2D eigenvalue weighted by molar-refractivity contribution is 7.99. The second-order valence-electron chi connectivity index (χ2n) is 6.88. The molecule has 6 nitrogen and oxygen atoms in total. The maximum Gasteiger partial charge on any atom is 0.234 e. The van der Waals surface area contributed by atoms with Crippen molar-refractivity contribution in [2.24, 2.45) is 0 Å². The summed E-state index contributed by atoms with van der Waals surface area (Å²) in [5.74, 6) is 0.552. The molecule has 28 heavy (non-hydrogen) atoms. The van der Waals surface area contributed by atoms with Crippen LogP contribution in [0.25, 0.3) is 5.69 Å². The average molecular weight is 396 g/mol. The highest BCUT2D eigenvalue weighted by Gasteiger charge is 2.14. The van der Waals surface area contributed by atoms with Gasteiger partial charge in [0.1, 0.15) is 0 Å². The Morgan fingerprint density at radius 2 is 1.96 bits per heavy atom. The fraction of sp³-hybridized carbons (Fsp3) is 0.333. The van der Waals surface area contributed by atoms with Crippen LogP contribution in [0.4, 0.5) is 5.69 Å². The van der Waals surface area contributed by atoms with Gasteiger partial charge in [-0.15, -0.1) is 5.10 Å². The van der Waals surface area contributed by atoms with E-state index in [0.29, 0.717) is 11.1 Å². The van der Waals surface area contributed by atoms with Gasteiger partial charge in [-0.05, 0) is 71.5 Å². The summed E-state index contributed by atoms with van der Waals surface area (Å²) in [4.78, 5) is 12.5. The minimum absolute atomic E-state index is 0.0737. The van der Waals surface area contributed by atoms with Gasteiger partial charge < -0.3 is 5.32 Å². The average Bonchev–Trinajstić information content (AvgIpc) is 3.17. The van der Waals surface area contributed by atoms with E-state index in [9.17, 15) is 4.79 Å². The second kappa shape index (κ2) is 9.01. The number of tetrazole rings is 1. The van der Waals surface area contributed by atoms with Gasteiger partial charge in [-0.25, -0.2) is 0 Å². The van der Waals surface area contributed by atoms with Crippen LogP contribution in [0.15, 0.2) is 47.6 Å². The molecule has 1 amide bonds. The Bertz CT molecular complexity index is 969. The molecule has 7 heteroatoms. The number of hydrogen-bond acceptors (Lipinski definition) is 5. The lowest BCUT2D eigenvalue weighted by Gasteiger charge is -2.15. The number of amides is 1. The maximum absolute atomic E-state index is 12.5. The first-order valence-corrected chi connectivity index (χ1v) is 10.4. The molecule has 0 spiro atoms. The highest BCUT2D eigenvalue weighted by Crippen LogP contribution is 2.27. The van der Waals surface area contributed by atoms with E-state index in [1.807, 2.05) is 36.4 Å². The molecule has 0 saturated heterocycles. The van der Waals surface area contributed by atoms with Gasteiger partial charge in [0.15, 0.2) is 0 Å². The molecule has 0 fully saturated rings. The number of carbonyl (C=O) groups is 1. The Morgan fingerprint density at radius 3 is 2.71 bits per heavy atom. The molecule has 0 radical (unpaired) electrons. The maximum atomic E-state index is 12.5. The van der Waals surface area contributed by atoms with Crippen LogP contribution in [0.5, 0.6) is 0 Å². The quantitative estimate of drug-likeness (QED) is 0.595. The van der Waals surface area contributed by atoms with Crippen molar-refractivity contribution >= 4 is 23.4 Å². The third-order valence-corrected chi connectivity index (χ3v) is 5.81. The number of anilines is 1. The van der Waals surface area contributed by atoms with Gasteiger partial charge in [-0.2, -0.15) is 4.68 Å². The number of thioether (sulfide) groups is 1. The Labute approximate surface area is 169 Å². The number of para-hydroxylation sites is 1. The SMILES string of the molecule is CC[C@@H](C)c1ccccc1NC(=O)CSc1nnnn1-c1ccc(C)c(C)c1. The third-order valence-electron chi connectivity index (χ3n) is 4.89. The largest absolute Gasteiger partial charge is 0.325 e. The molecule has 3 aromatic rings. The molecule has 0 aliphatic heterocycles. The molecule has 0 saturated carbocycles. The van der Waals surface area contributed by atoms with E-state index in [2.05, 4.69) is 54.6 Å². The van der Waals surface area contributed by atoms with Crippen molar-refractivity contribution in [3.63, 3.8) is 0 Å². The van der Waals surface area contributed by atoms with Crippen molar-refractivity contribution in [2.45, 2.75) is 45.2 Å². The van der Waals surface area contributed by atoms with Gasteiger partial charge in [0.25, 0.3) is 0 Å². The first-order chi connectivity index (χ1) is 13.5. The van der Waals surface area contributed by atoms with Gasteiger partial charge >= 0.3 is 0 Å². The van der Waals surface area contributed by atoms with E-state index in [1.165, 1.54) is 22.9 Å². The van der Waals surface area contributed by atoms with Crippen LogP contribution >= 0.6 is 11.8 Å². The molecule has 1 aromatic heterocycles. The predicted molar refractivity (Wildman–Crippen MR) is 113 cm³/mol. The highest BCUT2D eigenvalue weighted by atomic mass is 32.2. The lowest BCUT2D eigenvalue weighted by Crippen LogP contribution is -2.16. The number of nitrogens with zero attached hydrogens (tertiary/aromatic N) is 4. The summed E-state index contributed by atoms with van der Waals surface area (Å²) in [5.41, 5.74) is 5.30. The van der Waals surface area contributed by atoms with Crippen molar-refractivity contribution in [3.05, 3.63) is 59.2 Å². The molecule has 1 heterocycles. The number of hydrogen-bond donors (Lipinski definition) is 1. The van der Waals surface area contributed by atoms with Crippen LogP contribution in [0.2, 0.25) is 0 Å². The molecular formula is C21H25N5OS. The van der Waals surface area contributed by atoms with E-state index in [1.54, 1.807) is 4.68 Å². The Morgan fingerprint density at radius 1 is 1.18 bits per heavy atom. The molecule has 2 aromatic carbocycles. The standard InChI is InChI=1S/C21H25N5OS/c1-5-14(2)18-8-6-7-9-19(18)22-20(27)13-28-21-23-24-25-26(21)17-11-10-15(3)16(4)12-17/h6-12,14H,5,13H2,1-4H3,(H,22,27)/t14-/m1/s1. The van der Waals surface area contributed by atoms with Gasteiger partial charge in [-0.3, -0.25) is 4.79 Å². The summed E-state index contributed by atoms with van der Waals surface area (Å²) in [6.45, 7) is 8.43. The molecule has 1 N–H and O–H groups in total. The smallest absolute Gasteiger partial charge is 0.234 e. The second-order valence-corrected chi connectivity index (χ2v) is 7.82. The van der Waals surface area contributed by atoms with Crippen molar-refractivity contribution in [2.75, 3.05) is 11.1 Å². The zero-order chi connectivity index (χ0) is 20.1. The fourth-order valence-corrected chi connectivity index (χ4v) is 3.56. The molecule has 1 atom stereocenters. The minimum Gasteiger partial charge on any atom is -0.325 e. The predicted octanol–water partition coefficient (Wildman–Crippen LogP) is 4.52. The summed E-state index contributed by atoms with van der Waals surface area (Å²) >= 11 is 1.32. The molecule has 0 unspecified atom stereocenters. The zero-order valence-corrected chi connectivity index (χ0v) is 17.5. The molecule has 146 valence electrons. The Balaban J connectivity index is 1.68. The Hall–Kier alpha value is -2.67. The summed E-state index contributed by atoms with van der Waals surface area (Å²) < 4.78 is 1.66. The van der Waals surface area contributed by atoms with Crippen LogP contribution in [-0.4, -0.2) is 31.9 Å². The van der Waals surface area contributed by atoms with Crippen LogP contribution in [0.1, 0.15) is 42.9 Å².